The van der Waals surface area contributed by atoms with Gasteiger partial charge in [-0.1, -0.05) is 12.1 Å². The summed E-state index contributed by atoms with van der Waals surface area (Å²) >= 11 is 0. The predicted octanol–water partition coefficient (Wildman–Crippen LogP) is 2.35. The van der Waals surface area contributed by atoms with Crippen molar-refractivity contribution in [2.24, 2.45) is 0 Å². The molecule has 1 aliphatic carbocycles. The lowest BCUT2D eigenvalue weighted by Crippen LogP contribution is -2.29. The Morgan fingerprint density at radius 3 is 2.40 bits per heavy atom. The Balaban J connectivity index is 1.60. The molecule has 5 nitrogen and oxygen atoms in total. The van der Waals surface area contributed by atoms with Crippen LogP contribution in [0.25, 0.3) is 0 Å². The first-order valence-electron chi connectivity index (χ1n) is 6.63. The number of hydrogen-bond donors (Lipinski definition) is 0. The van der Waals surface area contributed by atoms with E-state index in [0.29, 0.717) is 22.7 Å². The quantitative estimate of drug-likeness (QED) is 0.801. The molecule has 1 saturated carbocycles. The summed E-state index contributed by atoms with van der Waals surface area (Å²) in [7, 11) is 0. The Kier molecular flexibility index (Phi) is 2.30. The third-order valence-electron chi connectivity index (χ3n) is 3.69. The van der Waals surface area contributed by atoms with E-state index in [1.165, 1.54) is 11.2 Å². The Morgan fingerprint density at radius 2 is 1.80 bits per heavy atom. The van der Waals surface area contributed by atoms with E-state index in [-0.39, 0.29) is 18.4 Å². The average molecular weight is 268 g/mol. The van der Waals surface area contributed by atoms with Crippen LogP contribution >= 0.6 is 0 Å². The fourth-order valence-electron chi connectivity index (χ4n) is 2.46. The van der Waals surface area contributed by atoms with Crippen LogP contribution in [0, 0.1) is 0 Å². The van der Waals surface area contributed by atoms with Crippen LogP contribution in [-0.2, 0) is 6.54 Å². The van der Waals surface area contributed by atoms with Gasteiger partial charge in [0, 0.05) is 5.92 Å². The maximum atomic E-state index is 12.2. The largest absolute Gasteiger partial charge is 0.448 e. The topological polar surface area (TPSA) is 63.4 Å². The maximum Gasteiger partial charge on any atom is 0.261 e. The molecule has 1 aromatic carbocycles. The van der Waals surface area contributed by atoms with Gasteiger partial charge in [-0.2, -0.15) is 0 Å². The highest BCUT2D eigenvalue weighted by atomic mass is 16.3. The van der Waals surface area contributed by atoms with Crippen molar-refractivity contribution in [2.45, 2.75) is 25.3 Å². The number of carbonyl (C=O) groups is 2. The Bertz CT molecular complexity index is 680. The highest BCUT2D eigenvalue weighted by molar-refractivity contribution is 6.21. The van der Waals surface area contributed by atoms with Gasteiger partial charge in [-0.15, -0.1) is 0 Å². The zero-order valence-corrected chi connectivity index (χ0v) is 10.7. The molecule has 4 rings (SSSR count). The van der Waals surface area contributed by atoms with Gasteiger partial charge in [-0.05, 0) is 25.0 Å². The molecule has 5 heteroatoms. The Labute approximate surface area is 115 Å². The van der Waals surface area contributed by atoms with Crippen LogP contribution in [0.1, 0.15) is 51.1 Å². The minimum Gasteiger partial charge on any atom is -0.448 e. The van der Waals surface area contributed by atoms with Gasteiger partial charge in [-0.25, -0.2) is 4.98 Å². The third kappa shape index (κ3) is 1.66. The summed E-state index contributed by atoms with van der Waals surface area (Å²) in [6, 6.07) is 6.87. The van der Waals surface area contributed by atoms with Gasteiger partial charge in [0.05, 0.1) is 23.4 Å². The van der Waals surface area contributed by atoms with Crippen LogP contribution in [0.4, 0.5) is 0 Å². The molecule has 0 radical (unpaired) electrons. The lowest BCUT2D eigenvalue weighted by Gasteiger charge is -2.11. The van der Waals surface area contributed by atoms with Crippen LogP contribution in [0.3, 0.4) is 0 Å². The summed E-state index contributed by atoms with van der Waals surface area (Å²) < 4.78 is 5.39. The van der Waals surface area contributed by atoms with Crippen molar-refractivity contribution in [1.82, 2.24) is 9.88 Å². The molecule has 2 amide bonds. The minimum atomic E-state index is -0.262. The summed E-state index contributed by atoms with van der Waals surface area (Å²) in [5.41, 5.74) is 1.55. The summed E-state index contributed by atoms with van der Waals surface area (Å²) in [6.45, 7) is 0.169. The number of benzene rings is 1. The number of hydrogen-bond acceptors (Lipinski definition) is 4. The summed E-state index contributed by atoms with van der Waals surface area (Å²) in [4.78, 5) is 30.0. The molecule has 1 aliphatic heterocycles. The molecule has 20 heavy (non-hydrogen) atoms. The highest BCUT2D eigenvalue weighted by Gasteiger charge is 2.36. The zero-order chi connectivity index (χ0) is 13.7. The van der Waals surface area contributed by atoms with Gasteiger partial charge in [0.15, 0.2) is 5.89 Å². The van der Waals surface area contributed by atoms with E-state index in [4.69, 9.17) is 4.42 Å². The number of amides is 2. The van der Waals surface area contributed by atoms with Gasteiger partial charge in [0.25, 0.3) is 11.8 Å². The summed E-state index contributed by atoms with van der Waals surface area (Å²) in [6.07, 6.45) is 3.75. The summed E-state index contributed by atoms with van der Waals surface area (Å²) in [5.74, 6) is 0.616. The van der Waals surface area contributed by atoms with Crippen molar-refractivity contribution in [2.75, 3.05) is 0 Å². The molecule has 2 aromatic rings. The molecular weight excluding hydrogens is 256 g/mol. The second kappa shape index (κ2) is 4.03. The van der Waals surface area contributed by atoms with Gasteiger partial charge in [-0.3, -0.25) is 14.5 Å². The molecule has 0 N–H and O–H groups in total. The first-order chi connectivity index (χ1) is 9.74. The number of imide groups is 1. The SMILES string of the molecule is O=C1c2ccccc2C(=O)N1Cc1coc(C2CC2)n1. The molecule has 2 heterocycles. The third-order valence-corrected chi connectivity index (χ3v) is 3.69. The Hall–Kier alpha value is -2.43. The minimum absolute atomic E-state index is 0.169. The molecular formula is C15H12N2O3. The van der Waals surface area contributed by atoms with E-state index in [2.05, 4.69) is 4.98 Å². The van der Waals surface area contributed by atoms with Crippen molar-refractivity contribution in [1.29, 1.82) is 0 Å². The van der Waals surface area contributed by atoms with Crippen LogP contribution in [0.5, 0.6) is 0 Å². The number of fused-ring (bicyclic) bond motifs is 1. The Morgan fingerprint density at radius 1 is 1.15 bits per heavy atom. The van der Waals surface area contributed by atoms with E-state index < -0.39 is 0 Å². The lowest BCUT2D eigenvalue weighted by molar-refractivity contribution is 0.0640. The van der Waals surface area contributed by atoms with Gasteiger partial charge < -0.3 is 4.42 Å². The molecule has 100 valence electrons. The first kappa shape index (κ1) is 11.4. The smallest absolute Gasteiger partial charge is 0.261 e. The lowest BCUT2D eigenvalue weighted by atomic mass is 10.1. The van der Waals surface area contributed by atoms with Crippen LogP contribution < -0.4 is 0 Å². The molecule has 0 unspecified atom stereocenters. The van der Waals surface area contributed by atoms with Crippen molar-refractivity contribution < 1.29 is 14.0 Å². The van der Waals surface area contributed by atoms with Crippen molar-refractivity contribution >= 4 is 11.8 Å². The van der Waals surface area contributed by atoms with Gasteiger partial charge >= 0.3 is 0 Å². The summed E-state index contributed by atoms with van der Waals surface area (Å²) in [5, 5.41) is 0. The molecule has 0 bridgehead atoms. The van der Waals surface area contributed by atoms with Crippen molar-refractivity contribution in [3.05, 3.63) is 53.2 Å². The molecule has 1 fully saturated rings. The predicted molar refractivity (Wildman–Crippen MR) is 69.1 cm³/mol. The number of aromatic nitrogens is 1. The van der Waals surface area contributed by atoms with E-state index in [1.807, 2.05) is 0 Å². The number of nitrogens with zero attached hydrogens (tertiary/aromatic N) is 2. The van der Waals surface area contributed by atoms with E-state index >= 15 is 0 Å². The number of carbonyl (C=O) groups excluding carboxylic acids is 2. The fourth-order valence-corrected chi connectivity index (χ4v) is 2.46. The molecule has 2 aliphatic rings. The van der Waals surface area contributed by atoms with Crippen molar-refractivity contribution in [3.63, 3.8) is 0 Å². The molecule has 0 spiro atoms. The van der Waals surface area contributed by atoms with Gasteiger partial charge in [0.1, 0.15) is 6.26 Å². The van der Waals surface area contributed by atoms with Crippen molar-refractivity contribution in [3.8, 4) is 0 Å². The standard InChI is InChI=1S/C15H12N2O3/c18-14-11-3-1-2-4-12(11)15(19)17(14)7-10-8-20-13(16-10)9-5-6-9/h1-4,8-9H,5-7H2. The second-order valence-electron chi connectivity index (χ2n) is 5.19. The average Bonchev–Trinajstić information content (AvgIpc) is 3.18. The van der Waals surface area contributed by atoms with E-state index in [1.54, 1.807) is 24.3 Å². The second-order valence-corrected chi connectivity index (χ2v) is 5.19. The van der Waals surface area contributed by atoms with Crippen LogP contribution in [0.15, 0.2) is 34.9 Å². The normalized spacial score (nSPS) is 17.7. The van der Waals surface area contributed by atoms with Crippen LogP contribution in [0.2, 0.25) is 0 Å². The first-order valence-corrected chi connectivity index (χ1v) is 6.63. The van der Waals surface area contributed by atoms with Gasteiger partial charge in [0.2, 0.25) is 0 Å². The monoisotopic (exact) mass is 268 g/mol. The van der Waals surface area contributed by atoms with E-state index in [9.17, 15) is 9.59 Å². The molecule has 0 saturated heterocycles. The number of rotatable bonds is 3. The maximum absolute atomic E-state index is 12.2. The highest BCUT2D eigenvalue weighted by Crippen LogP contribution is 2.39. The molecule has 1 aromatic heterocycles. The molecule has 0 atom stereocenters. The van der Waals surface area contributed by atoms with E-state index in [0.717, 1.165) is 18.7 Å². The fraction of sp³-hybridized carbons (Fsp3) is 0.267. The number of oxazole rings is 1. The van der Waals surface area contributed by atoms with Crippen LogP contribution in [-0.4, -0.2) is 21.7 Å². The zero-order valence-electron chi connectivity index (χ0n) is 10.7.